The van der Waals surface area contributed by atoms with Crippen molar-refractivity contribution in [2.45, 2.75) is 71.6 Å². The van der Waals surface area contributed by atoms with Gasteiger partial charge in [0.1, 0.15) is 0 Å². The van der Waals surface area contributed by atoms with Crippen molar-refractivity contribution in [1.29, 1.82) is 0 Å². The van der Waals surface area contributed by atoms with Gasteiger partial charge in [0.2, 0.25) is 0 Å². The molecule has 0 aromatic heterocycles. The van der Waals surface area contributed by atoms with E-state index in [2.05, 4.69) is 0 Å². The van der Waals surface area contributed by atoms with Crippen LogP contribution < -0.4 is 0 Å². The van der Waals surface area contributed by atoms with Crippen LogP contribution in [0.15, 0.2) is 0 Å². The van der Waals surface area contributed by atoms with E-state index in [0.29, 0.717) is 6.42 Å². The molecule has 7 heteroatoms. The van der Waals surface area contributed by atoms with Crippen LogP contribution in [-0.2, 0) is 33.3 Å². The molecule has 5 atom stereocenters. The number of rotatable bonds is 4. The maximum Gasteiger partial charge on any atom is 0.303 e. The molecule has 0 aliphatic carbocycles. The van der Waals surface area contributed by atoms with Gasteiger partial charge in [-0.2, -0.15) is 0 Å². The number of esters is 3. The van der Waals surface area contributed by atoms with Crippen LogP contribution in [0.3, 0.4) is 0 Å². The predicted molar refractivity (Wildman–Crippen MR) is 71.3 cm³/mol. The molecule has 0 aromatic rings. The van der Waals surface area contributed by atoms with Gasteiger partial charge in [-0.3, -0.25) is 14.4 Å². The van der Waals surface area contributed by atoms with E-state index in [9.17, 15) is 14.4 Å². The van der Waals surface area contributed by atoms with Gasteiger partial charge in [-0.15, -0.1) is 0 Å². The van der Waals surface area contributed by atoms with Gasteiger partial charge in [-0.1, -0.05) is 6.92 Å². The van der Waals surface area contributed by atoms with Gasteiger partial charge in [0.25, 0.3) is 0 Å². The molecule has 7 nitrogen and oxygen atoms in total. The quantitative estimate of drug-likeness (QED) is 0.565. The van der Waals surface area contributed by atoms with E-state index in [0.717, 1.165) is 0 Å². The van der Waals surface area contributed by atoms with Crippen LogP contribution in [0.1, 0.15) is 41.0 Å². The second-order valence-electron chi connectivity index (χ2n) is 5.01. The molecule has 0 spiro atoms. The molecule has 0 amide bonds. The molecule has 1 rings (SSSR count). The average Bonchev–Trinajstić information content (AvgIpc) is 2.35. The summed E-state index contributed by atoms with van der Waals surface area (Å²) >= 11 is 0. The summed E-state index contributed by atoms with van der Waals surface area (Å²) in [4.78, 5) is 33.9. The standard InChI is InChI=1S/C14H22O7/c1-6-11-13(20-9(4)16)14(21-10(5)17)12(7(2)18-11)19-8(3)15/h7,11-14H,6H2,1-5H3/t7-,11-,12+,13+,14-/m1/s1. The molecule has 1 fully saturated rings. The normalized spacial score (nSPS) is 32.1. The van der Waals surface area contributed by atoms with E-state index in [1.807, 2.05) is 6.92 Å². The first-order valence-corrected chi connectivity index (χ1v) is 6.93. The van der Waals surface area contributed by atoms with Crippen molar-refractivity contribution in [3.63, 3.8) is 0 Å². The molecule has 0 radical (unpaired) electrons. The molecule has 0 bridgehead atoms. The molecule has 1 heterocycles. The first-order chi connectivity index (χ1) is 9.76. The van der Waals surface area contributed by atoms with Crippen LogP contribution >= 0.6 is 0 Å². The van der Waals surface area contributed by atoms with Crippen LogP contribution in [-0.4, -0.2) is 48.4 Å². The number of carbonyl (C=O) groups is 3. The molecule has 0 aromatic carbocycles. The lowest BCUT2D eigenvalue weighted by molar-refractivity contribution is -0.243. The van der Waals surface area contributed by atoms with Gasteiger partial charge in [-0.05, 0) is 13.3 Å². The highest BCUT2D eigenvalue weighted by atomic mass is 16.6. The highest BCUT2D eigenvalue weighted by molar-refractivity contribution is 5.68. The molecule has 1 aliphatic heterocycles. The highest BCUT2D eigenvalue weighted by Crippen LogP contribution is 2.29. The Labute approximate surface area is 123 Å². The van der Waals surface area contributed by atoms with E-state index < -0.39 is 48.4 Å². The predicted octanol–water partition coefficient (Wildman–Crippen LogP) is 0.979. The van der Waals surface area contributed by atoms with Crippen molar-refractivity contribution in [3.8, 4) is 0 Å². The van der Waals surface area contributed by atoms with Gasteiger partial charge >= 0.3 is 17.9 Å². The third-order valence-electron chi connectivity index (χ3n) is 3.17. The van der Waals surface area contributed by atoms with Crippen LogP contribution in [0.25, 0.3) is 0 Å². The lowest BCUT2D eigenvalue weighted by Crippen LogP contribution is -2.60. The van der Waals surface area contributed by atoms with Gasteiger partial charge in [-0.25, -0.2) is 0 Å². The zero-order valence-corrected chi connectivity index (χ0v) is 13.0. The minimum absolute atomic E-state index is 0.431. The average molecular weight is 302 g/mol. The number of carbonyl (C=O) groups excluding carboxylic acids is 3. The maximum absolute atomic E-state index is 11.3. The molecule has 1 saturated heterocycles. The van der Waals surface area contributed by atoms with Gasteiger partial charge in [0.05, 0.1) is 12.2 Å². The molecule has 1 aliphatic rings. The lowest BCUT2D eigenvalue weighted by Gasteiger charge is -2.43. The van der Waals surface area contributed by atoms with Crippen LogP contribution in [0.2, 0.25) is 0 Å². The monoisotopic (exact) mass is 302 g/mol. The summed E-state index contributed by atoms with van der Waals surface area (Å²) in [7, 11) is 0. The minimum atomic E-state index is -0.885. The number of hydrogen-bond donors (Lipinski definition) is 0. The zero-order chi connectivity index (χ0) is 16.2. The Morgan fingerprint density at radius 3 is 1.71 bits per heavy atom. The summed E-state index contributed by atoms with van der Waals surface area (Å²) < 4.78 is 21.4. The molecule has 0 N–H and O–H groups in total. The molecule has 21 heavy (non-hydrogen) atoms. The topological polar surface area (TPSA) is 88.1 Å². The Balaban J connectivity index is 3.08. The van der Waals surface area contributed by atoms with Crippen molar-refractivity contribution in [2.24, 2.45) is 0 Å². The van der Waals surface area contributed by atoms with Crippen molar-refractivity contribution in [1.82, 2.24) is 0 Å². The molecule has 0 saturated carbocycles. The van der Waals surface area contributed by atoms with E-state index in [1.54, 1.807) is 6.92 Å². The summed E-state index contributed by atoms with van der Waals surface area (Å²) in [5.74, 6) is -1.59. The fraction of sp³-hybridized carbons (Fsp3) is 0.786. The van der Waals surface area contributed by atoms with Crippen molar-refractivity contribution < 1.29 is 33.3 Å². The summed E-state index contributed by atoms with van der Waals surface area (Å²) in [6.45, 7) is 7.35. The van der Waals surface area contributed by atoms with Crippen LogP contribution in [0, 0.1) is 0 Å². The highest BCUT2D eigenvalue weighted by Gasteiger charge is 2.49. The summed E-state index contributed by atoms with van der Waals surface area (Å²) in [6, 6.07) is 0. The van der Waals surface area contributed by atoms with E-state index in [-0.39, 0.29) is 0 Å². The first kappa shape index (κ1) is 17.4. The Morgan fingerprint density at radius 2 is 1.29 bits per heavy atom. The summed E-state index contributed by atoms with van der Waals surface area (Å²) in [6.07, 6.45) is -2.86. The third-order valence-corrected chi connectivity index (χ3v) is 3.17. The van der Waals surface area contributed by atoms with Crippen molar-refractivity contribution in [3.05, 3.63) is 0 Å². The Hall–Kier alpha value is -1.63. The smallest absolute Gasteiger partial charge is 0.303 e. The second kappa shape index (κ2) is 7.40. The molecule has 0 unspecified atom stereocenters. The molecular formula is C14H22O7. The van der Waals surface area contributed by atoms with E-state index >= 15 is 0 Å². The number of hydrogen-bond acceptors (Lipinski definition) is 7. The Morgan fingerprint density at radius 1 is 0.857 bits per heavy atom. The van der Waals surface area contributed by atoms with Crippen molar-refractivity contribution in [2.75, 3.05) is 0 Å². The fourth-order valence-electron chi connectivity index (χ4n) is 2.44. The second-order valence-corrected chi connectivity index (χ2v) is 5.01. The van der Waals surface area contributed by atoms with Gasteiger partial charge < -0.3 is 18.9 Å². The number of ether oxygens (including phenoxy) is 4. The zero-order valence-electron chi connectivity index (χ0n) is 13.0. The summed E-state index contributed by atoms with van der Waals surface area (Å²) in [5, 5.41) is 0. The van der Waals surface area contributed by atoms with E-state index in [4.69, 9.17) is 18.9 Å². The SMILES string of the molecule is CC[C@H]1O[C@H](C)[C@H](OC(C)=O)[C@@H](OC(C)=O)[C@H]1OC(C)=O. The Bertz CT molecular complexity index is 406. The first-order valence-electron chi connectivity index (χ1n) is 6.93. The van der Waals surface area contributed by atoms with Gasteiger partial charge in [0.15, 0.2) is 18.3 Å². The van der Waals surface area contributed by atoms with Gasteiger partial charge in [0, 0.05) is 20.8 Å². The fourth-order valence-corrected chi connectivity index (χ4v) is 2.44. The molecule has 120 valence electrons. The molecular weight excluding hydrogens is 280 g/mol. The largest absolute Gasteiger partial charge is 0.456 e. The minimum Gasteiger partial charge on any atom is -0.456 e. The van der Waals surface area contributed by atoms with E-state index in [1.165, 1.54) is 20.8 Å². The van der Waals surface area contributed by atoms with Crippen LogP contribution in [0.4, 0.5) is 0 Å². The summed E-state index contributed by atoms with van der Waals surface area (Å²) in [5.41, 5.74) is 0. The maximum atomic E-state index is 11.3. The van der Waals surface area contributed by atoms with Crippen molar-refractivity contribution >= 4 is 17.9 Å². The van der Waals surface area contributed by atoms with Crippen LogP contribution in [0.5, 0.6) is 0 Å². The lowest BCUT2D eigenvalue weighted by atomic mass is 9.93. The Kier molecular flexibility index (Phi) is 6.14. The third kappa shape index (κ3) is 4.70.